The Balaban J connectivity index is 2.46. The zero-order valence-corrected chi connectivity index (χ0v) is 8.69. The third-order valence-electron chi connectivity index (χ3n) is 2.06. The zero-order chi connectivity index (χ0) is 10.4. The first-order valence-electron chi connectivity index (χ1n) is 4.86. The maximum Gasteiger partial charge on any atom is 0.0534 e. The van der Waals surface area contributed by atoms with Crippen LogP contribution in [0.25, 0.3) is 0 Å². The Labute approximate surface area is 84.7 Å². The first-order chi connectivity index (χ1) is 6.76. The van der Waals surface area contributed by atoms with E-state index in [0.29, 0.717) is 13.1 Å². The summed E-state index contributed by atoms with van der Waals surface area (Å²) in [7, 11) is 1.92. The van der Waals surface area contributed by atoms with E-state index in [2.05, 4.69) is 10.00 Å². The minimum absolute atomic E-state index is 0.667. The van der Waals surface area contributed by atoms with E-state index < -0.39 is 0 Å². The number of aryl methyl sites for hydroxylation is 1. The second-order valence-electron chi connectivity index (χ2n) is 3.38. The van der Waals surface area contributed by atoms with Crippen molar-refractivity contribution in [2.45, 2.75) is 6.54 Å². The van der Waals surface area contributed by atoms with E-state index in [1.54, 1.807) is 4.68 Å². The minimum atomic E-state index is 0.667. The molecule has 80 valence electrons. The molecule has 4 N–H and O–H groups in total. The molecule has 0 fully saturated rings. The molecule has 1 aromatic rings. The second-order valence-corrected chi connectivity index (χ2v) is 3.38. The molecule has 14 heavy (non-hydrogen) atoms. The molecule has 0 aliphatic carbocycles. The Morgan fingerprint density at radius 2 is 2.00 bits per heavy atom. The molecule has 0 aromatic carbocycles. The van der Waals surface area contributed by atoms with Gasteiger partial charge in [0, 0.05) is 51.5 Å². The molecule has 1 aromatic heterocycles. The molecule has 1 rings (SSSR count). The van der Waals surface area contributed by atoms with Crippen LogP contribution in [0.5, 0.6) is 0 Å². The molecule has 0 aliphatic heterocycles. The van der Waals surface area contributed by atoms with Crippen LogP contribution in [0.4, 0.5) is 0 Å². The summed E-state index contributed by atoms with van der Waals surface area (Å²) in [6.45, 7) is 3.97. The fourth-order valence-corrected chi connectivity index (χ4v) is 1.45. The number of nitrogens with two attached hydrogens (primary N) is 2. The lowest BCUT2D eigenvalue weighted by molar-refractivity contribution is 0.281. The molecule has 5 heteroatoms. The number of rotatable bonds is 6. The normalized spacial score (nSPS) is 11.1. The average molecular weight is 197 g/mol. The lowest BCUT2D eigenvalue weighted by Gasteiger charge is -2.19. The van der Waals surface area contributed by atoms with Crippen molar-refractivity contribution in [2.75, 3.05) is 26.2 Å². The van der Waals surface area contributed by atoms with Crippen LogP contribution in [0.3, 0.4) is 0 Å². The second kappa shape index (κ2) is 5.74. The first kappa shape index (κ1) is 11.2. The lowest BCUT2D eigenvalue weighted by Crippen LogP contribution is -2.33. The Bertz CT molecular complexity index is 251. The van der Waals surface area contributed by atoms with Gasteiger partial charge < -0.3 is 11.5 Å². The topological polar surface area (TPSA) is 73.1 Å². The van der Waals surface area contributed by atoms with Gasteiger partial charge >= 0.3 is 0 Å². The van der Waals surface area contributed by atoms with E-state index in [1.165, 1.54) is 5.56 Å². The predicted molar refractivity (Wildman–Crippen MR) is 56.6 cm³/mol. The summed E-state index contributed by atoms with van der Waals surface area (Å²) in [4.78, 5) is 2.23. The zero-order valence-electron chi connectivity index (χ0n) is 8.69. The summed E-state index contributed by atoms with van der Waals surface area (Å²) < 4.78 is 1.80. The molecule has 0 aliphatic rings. The van der Waals surface area contributed by atoms with Crippen LogP contribution in [0, 0.1) is 0 Å². The van der Waals surface area contributed by atoms with Crippen molar-refractivity contribution < 1.29 is 0 Å². The Kier molecular flexibility index (Phi) is 4.58. The van der Waals surface area contributed by atoms with Gasteiger partial charge in [0.05, 0.1) is 6.20 Å². The summed E-state index contributed by atoms with van der Waals surface area (Å²) in [6, 6.07) is 0. The van der Waals surface area contributed by atoms with Crippen molar-refractivity contribution in [1.29, 1.82) is 0 Å². The molecule has 5 nitrogen and oxygen atoms in total. The first-order valence-corrected chi connectivity index (χ1v) is 4.86. The summed E-state index contributed by atoms with van der Waals surface area (Å²) in [5.74, 6) is 0. The van der Waals surface area contributed by atoms with Crippen LogP contribution < -0.4 is 11.5 Å². The maximum absolute atomic E-state index is 5.52. The van der Waals surface area contributed by atoms with Gasteiger partial charge in [-0.2, -0.15) is 5.10 Å². The molecular weight excluding hydrogens is 178 g/mol. The van der Waals surface area contributed by atoms with Crippen molar-refractivity contribution >= 4 is 0 Å². The predicted octanol–water partition coefficient (Wildman–Crippen LogP) is -0.860. The van der Waals surface area contributed by atoms with Gasteiger partial charge in [0.25, 0.3) is 0 Å². The molecule has 0 radical (unpaired) electrons. The van der Waals surface area contributed by atoms with Crippen LogP contribution in [0.15, 0.2) is 12.4 Å². The fourth-order valence-electron chi connectivity index (χ4n) is 1.45. The van der Waals surface area contributed by atoms with Crippen LogP contribution in [0.2, 0.25) is 0 Å². The highest BCUT2D eigenvalue weighted by atomic mass is 15.2. The van der Waals surface area contributed by atoms with Crippen LogP contribution >= 0.6 is 0 Å². The van der Waals surface area contributed by atoms with E-state index in [0.717, 1.165) is 19.6 Å². The maximum atomic E-state index is 5.52. The Morgan fingerprint density at radius 3 is 2.43 bits per heavy atom. The van der Waals surface area contributed by atoms with Crippen molar-refractivity contribution in [2.24, 2.45) is 18.5 Å². The number of hydrogen-bond acceptors (Lipinski definition) is 4. The van der Waals surface area contributed by atoms with E-state index in [-0.39, 0.29) is 0 Å². The van der Waals surface area contributed by atoms with Gasteiger partial charge in [-0.15, -0.1) is 0 Å². The molecule has 0 saturated carbocycles. The highest BCUT2D eigenvalue weighted by Gasteiger charge is 2.04. The summed E-state index contributed by atoms with van der Waals surface area (Å²) in [5, 5.41) is 4.12. The van der Waals surface area contributed by atoms with E-state index in [4.69, 9.17) is 11.5 Å². The van der Waals surface area contributed by atoms with Crippen molar-refractivity contribution in [3.63, 3.8) is 0 Å². The molecule has 0 amide bonds. The molecule has 0 unspecified atom stereocenters. The number of hydrogen-bond donors (Lipinski definition) is 2. The molecular formula is C9H19N5. The van der Waals surface area contributed by atoms with E-state index in [1.807, 2.05) is 19.4 Å². The summed E-state index contributed by atoms with van der Waals surface area (Å²) >= 11 is 0. The third-order valence-corrected chi connectivity index (χ3v) is 2.06. The van der Waals surface area contributed by atoms with Crippen LogP contribution in [0.1, 0.15) is 5.56 Å². The lowest BCUT2D eigenvalue weighted by atomic mass is 10.3. The number of aromatic nitrogens is 2. The summed E-state index contributed by atoms with van der Waals surface area (Å²) in [5.41, 5.74) is 12.2. The molecule has 0 spiro atoms. The van der Waals surface area contributed by atoms with Gasteiger partial charge in [-0.25, -0.2) is 0 Å². The SMILES string of the molecule is Cn1cc(CN(CCN)CCN)cn1. The minimum Gasteiger partial charge on any atom is -0.329 e. The van der Waals surface area contributed by atoms with Crippen LogP contribution in [-0.2, 0) is 13.6 Å². The third kappa shape index (κ3) is 3.45. The molecule has 0 atom stereocenters. The van der Waals surface area contributed by atoms with E-state index in [9.17, 15) is 0 Å². The number of nitrogens with zero attached hydrogens (tertiary/aromatic N) is 3. The van der Waals surface area contributed by atoms with Gasteiger partial charge in [0.15, 0.2) is 0 Å². The molecule has 1 heterocycles. The van der Waals surface area contributed by atoms with Gasteiger partial charge in [-0.3, -0.25) is 9.58 Å². The monoisotopic (exact) mass is 197 g/mol. The molecule has 0 bridgehead atoms. The summed E-state index contributed by atoms with van der Waals surface area (Å²) in [6.07, 6.45) is 3.89. The van der Waals surface area contributed by atoms with Gasteiger partial charge in [-0.05, 0) is 0 Å². The van der Waals surface area contributed by atoms with Crippen LogP contribution in [-0.4, -0.2) is 40.9 Å². The Morgan fingerprint density at radius 1 is 1.36 bits per heavy atom. The van der Waals surface area contributed by atoms with Gasteiger partial charge in [0.1, 0.15) is 0 Å². The highest BCUT2D eigenvalue weighted by Crippen LogP contribution is 2.01. The van der Waals surface area contributed by atoms with Gasteiger partial charge in [0.2, 0.25) is 0 Å². The standard InChI is InChI=1S/C9H19N5/c1-13-7-9(6-12-13)8-14(4-2-10)5-3-11/h6-7H,2-5,8,10-11H2,1H3. The largest absolute Gasteiger partial charge is 0.329 e. The van der Waals surface area contributed by atoms with Crippen molar-refractivity contribution in [3.8, 4) is 0 Å². The van der Waals surface area contributed by atoms with E-state index >= 15 is 0 Å². The highest BCUT2D eigenvalue weighted by molar-refractivity contribution is 5.03. The quantitative estimate of drug-likeness (QED) is 0.622. The van der Waals surface area contributed by atoms with Crippen molar-refractivity contribution in [1.82, 2.24) is 14.7 Å². The molecule has 0 saturated heterocycles. The van der Waals surface area contributed by atoms with Gasteiger partial charge in [-0.1, -0.05) is 0 Å². The van der Waals surface area contributed by atoms with Crippen molar-refractivity contribution in [3.05, 3.63) is 18.0 Å². The Hall–Kier alpha value is -0.910. The smallest absolute Gasteiger partial charge is 0.0534 e. The average Bonchev–Trinajstić information content (AvgIpc) is 2.52. The fraction of sp³-hybridized carbons (Fsp3) is 0.667.